The first-order valence-electron chi connectivity index (χ1n) is 7.12. The zero-order valence-corrected chi connectivity index (χ0v) is 13.0. The summed E-state index contributed by atoms with van der Waals surface area (Å²) in [5.41, 5.74) is 8.16. The highest BCUT2D eigenvalue weighted by atomic mass is 16.5. The Morgan fingerprint density at radius 3 is 2.78 bits per heavy atom. The minimum atomic E-state index is 0.394. The number of rotatable bonds is 6. The van der Waals surface area contributed by atoms with E-state index in [1.807, 2.05) is 35.0 Å². The fourth-order valence-corrected chi connectivity index (χ4v) is 2.26. The normalized spacial score (nSPS) is 10.9. The van der Waals surface area contributed by atoms with Crippen molar-refractivity contribution in [3.8, 4) is 22.8 Å². The minimum Gasteiger partial charge on any atom is -0.493 e. The Bertz CT molecular complexity index is 816. The maximum absolute atomic E-state index is 5.84. The van der Waals surface area contributed by atoms with E-state index in [4.69, 9.17) is 19.9 Å². The van der Waals surface area contributed by atoms with E-state index in [-0.39, 0.29) is 0 Å². The van der Waals surface area contributed by atoms with Gasteiger partial charge in [-0.3, -0.25) is 0 Å². The summed E-state index contributed by atoms with van der Waals surface area (Å²) < 4.78 is 17.8. The van der Waals surface area contributed by atoms with Gasteiger partial charge < -0.3 is 24.3 Å². The van der Waals surface area contributed by atoms with Gasteiger partial charge in [0.2, 0.25) is 0 Å². The predicted octanol–water partition coefficient (Wildman–Crippen LogP) is 2.01. The first kappa shape index (κ1) is 15.1. The van der Waals surface area contributed by atoms with Crippen molar-refractivity contribution in [2.24, 2.45) is 0 Å². The standard InChI is InChI=1S/C16H18N4O3/c1-21-7-8-23-13-4-3-11(9-14(13)22-2)12-10-20-6-5-18-15(17)16(20)19-12/h3-6,9-10H,7-8H2,1-2H3,(H2,17,18). The maximum Gasteiger partial charge on any atom is 0.180 e. The van der Waals surface area contributed by atoms with E-state index in [1.165, 1.54) is 0 Å². The Kier molecular flexibility index (Phi) is 4.29. The molecule has 120 valence electrons. The smallest absolute Gasteiger partial charge is 0.180 e. The summed E-state index contributed by atoms with van der Waals surface area (Å²) in [6, 6.07) is 5.67. The Labute approximate surface area is 133 Å². The highest BCUT2D eigenvalue weighted by molar-refractivity contribution is 5.70. The van der Waals surface area contributed by atoms with Crippen LogP contribution in [0.3, 0.4) is 0 Å². The number of ether oxygens (including phenoxy) is 3. The van der Waals surface area contributed by atoms with Gasteiger partial charge in [0, 0.05) is 31.3 Å². The quantitative estimate of drug-likeness (QED) is 0.701. The second kappa shape index (κ2) is 6.53. The number of nitrogens with two attached hydrogens (primary N) is 1. The summed E-state index contributed by atoms with van der Waals surface area (Å²) in [6.07, 6.45) is 5.34. The molecule has 1 aromatic carbocycles. The number of nitrogens with zero attached hydrogens (tertiary/aromatic N) is 3. The third-order valence-corrected chi connectivity index (χ3v) is 3.41. The molecule has 2 heterocycles. The molecule has 23 heavy (non-hydrogen) atoms. The van der Waals surface area contributed by atoms with Gasteiger partial charge in [-0.2, -0.15) is 0 Å². The van der Waals surface area contributed by atoms with Crippen molar-refractivity contribution in [1.29, 1.82) is 0 Å². The lowest BCUT2D eigenvalue weighted by Crippen LogP contribution is -2.05. The Hall–Kier alpha value is -2.80. The number of nitrogen functional groups attached to an aromatic ring is 1. The molecule has 0 amide bonds. The Balaban J connectivity index is 1.94. The van der Waals surface area contributed by atoms with E-state index < -0.39 is 0 Å². The predicted molar refractivity (Wildman–Crippen MR) is 86.8 cm³/mol. The van der Waals surface area contributed by atoms with Crippen molar-refractivity contribution in [2.75, 3.05) is 33.2 Å². The van der Waals surface area contributed by atoms with Crippen molar-refractivity contribution in [2.45, 2.75) is 0 Å². The van der Waals surface area contributed by atoms with E-state index in [2.05, 4.69) is 9.97 Å². The monoisotopic (exact) mass is 314 g/mol. The largest absolute Gasteiger partial charge is 0.493 e. The average molecular weight is 314 g/mol. The molecular weight excluding hydrogens is 296 g/mol. The SMILES string of the molecule is COCCOc1ccc(-c2cn3ccnc(N)c3n2)cc1OC. The highest BCUT2D eigenvalue weighted by Gasteiger charge is 2.11. The van der Waals surface area contributed by atoms with Crippen molar-refractivity contribution in [3.63, 3.8) is 0 Å². The van der Waals surface area contributed by atoms with Crippen LogP contribution in [0, 0.1) is 0 Å². The molecule has 0 aliphatic carbocycles. The zero-order valence-electron chi connectivity index (χ0n) is 13.0. The van der Waals surface area contributed by atoms with E-state index in [1.54, 1.807) is 20.4 Å². The van der Waals surface area contributed by atoms with Crippen LogP contribution in [-0.4, -0.2) is 41.8 Å². The summed E-state index contributed by atoms with van der Waals surface area (Å²) in [5, 5.41) is 0. The minimum absolute atomic E-state index is 0.394. The van der Waals surface area contributed by atoms with E-state index in [9.17, 15) is 0 Å². The molecule has 0 unspecified atom stereocenters. The van der Waals surface area contributed by atoms with E-state index >= 15 is 0 Å². The second-order valence-electron chi connectivity index (χ2n) is 4.88. The maximum atomic E-state index is 5.84. The zero-order chi connectivity index (χ0) is 16.2. The third kappa shape index (κ3) is 3.04. The van der Waals surface area contributed by atoms with Crippen LogP contribution >= 0.6 is 0 Å². The number of fused-ring (bicyclic) bond motifs is 1. The van der Waals surface area contributed by atoms with Gasteiger partial charge in [0.1, 0.15) is 6.61 Å². The third-order valence-electron chi connectivity index (χ3n) is 3.41. The molecule has 0 saturated heterocycles. The summed E-state index contributed by atoms with van der Waals surface area (Å²) in [6.45, 7) is 0.979. The molecule has 3 aromatic rings. The second-order valence-corrected chi connectivity index (χ2v) is 4.88. The number of hydrogen-bond donors (Lipinski definition) is 1. The molecule has 3 rings (SSSR count). The molecule has 2 N–H and O–H groups in total. The van der Waals surface area contributed by atoms with Gasteiger partial charge >= 0.3 is 0 Å². The molecular formula is C16H18N4O3. The Morgan fingerprint density at radius 1 is 1.17 bits per heavy atom. The van der Waals surface area contributed by atoms with Gasteiger partial charge in [-0.05, 0) is 18.2 Å². The summed E-state index contributed by atoms with van der Waals surface area (Å²) in [5.74, 6) is 1.70. The first-order valence-corrected chi connectivity index (χ1v) is 7.12. The lowest BCUT2D eigenvalue weighted by atomic mass is 10.1. The Morgan fingerprint density at radius 2 is 2.04 bits per heavy atom. The van der Waals surface area contributed by atoms with Crippen LogP contribution in [0.2, 0.25) is 0 Å². The molecule has 2 aromatic heterocycles. The van der Waals surface area contributed by atoms with Crippen LogP contribution < -0.4 is 15.2 Å². The van der Waals surface area contributed by atoms with Gasteiger partial charge in [-0.15, -0.1) is 0 Å². The van der Waals surface area contributed by atoms with Crippen molar-refractivity contribution < 1.29 is 14.2 Å². The molecule has 0 saturated carbocycles. The number of methoxy groups -OCH3 is 2. The van der Waals surface area contributed by atoms with Crippen molar-refractivity contribution in [3.05, 3.63) is 36.8 Å². The summed E-state index contributed by atoms with van der Waals surface area (Å²) in [4.78, 5) is 8.56. The molecule has 0 atom stereocenters. The van der Waals surface area contributed by atoms with Crippen LogP contribution in [0.5, 0.6) is 11.5 Å². The summed E-state index contributed by atoms with van der Waals surface area (Å²) >= 11 is 0. The van der Waals surface area contributed by atoms with Crippen LogP contribution in [-0.2, 0) is 4.74 Å². The van der Waals surface area contributed by atoms with Crippen molar-refractivity contribution in [1.82, 2.24) is 14.4 Å². The fourth-order valence-electron chi connectivity index (χ4n) is 2.26. The molecule has 7 nitrogen and oxygen atoms in total. The van der Waals surface area contributed by atoms with Crippen LogP contribution in [0.25, 0.3) is 16.9 Å². The van der Waals surface area contributed by atoms with Crippen LogP contribution in [0.4, 0.5) is 5.82 Å². The first-order chi connectivity index (χ1) is 11.2. The lowest BCUT2D eigenvalue weighted by molar-refractivity contribution is 0.144. The van der Waals surface area contributed by atoms with Gasteiger partial charge in [0.25, 0.3) is 0 Å². The number of hydrogen-bond acceptors (Lipinski definition) is 6. The molecule has 0 spiro atoms. The van der Waals surface area contributed by atoms with E-state index in [0.717, 1.165) is 11.3 Å². The van der Waals surface area contributed by atoms with Gasteiger partial charge in [0.05, 0.1) is 19.4 Å². The lowest BCUT2D eigenvalue weighted by Gasteiger charge is -2.11. The van der Waals surface area contributed by atoms with Gasteiger partial charge in [-0.1, -0.05) is 0 Å². The molecule has 0 bridgehead atoms. The average Bonchev–Trinajstić information content (AvgIpc) is 3.01. The topological polar surface area (TPSA) is 83.9 Å². The van der Waals surface area contributed by atoms with Gasteiger partial charge in [0.15, 0.2) is 23.0 Å². The number of benzene rings is 1. The fraction of sp³-hybridized carbons (Fsp3) is 0.250. The van der Waals surface area contributed by atoms with Crippen LogP contribution in [0.15, 0.2) is 36.8 Å². The van der Waals surface area contributed by atoms with E-state index in [0.29, 0.717) is 36.2 Å². The van der Waals surface area contributed by atoms with Crippen molar-refractivity contribution >= 4 is 11.5 Å². The molecule has 0 fully saturated rings. The molecule has 0 aliphatic rings. The summed E-state index contributed by atoms with van der Waals surface area (Å²) in [7, 11) is 3.24. The van der Waals surface area contributed by atoms with Gasteiger partial charge in [-0.25, -0.2) is 9.97 Å². The van der Waals surface area contributed by atoms with Crippen LogP contribution in [0.1, 0.15) is 0 Å². The molecule has 0 aliphatic heterocycles. The molecule has 7 heteroatoms. The highest BCUT2D eigenvalue weighted by Crippen LogP contribution is 2.32. The number of imidazole rings is 1. The number of anilines is 1. The number of aromatic nitrogens is 3. The molecule has 0 radical (unpaired) electrons.